The van der Waals surface area contributed by atoms with Crippen molar-refractivity contribution >= 4 is 5.91 Å². The van der Waals surface area contributed by atoms with E-state index in [9.17, 15) is 14.3 Å². The number of hydrogen-bond donors (Lipinski definition) is 2. The van der Waals surface area contributed by atoms with Crippen LogP contribution in [0.5, 0.6) is 0 Å². The molecule has 1 amide bonds. The molecular weight excluding hydrogens is 331 g/mol. The molecule has 4 nitrogen and oxygen atoms in total. The molecule has 1 atom stereocenters. The van der Waals surface area contributed by atoms with E-state index in [1.165, 1.54) is 44.2 Å². The Morgan fingerprint density at radius 1 is 1.23 bits per heavy atom. The van der Waals surface area contributed by atoms with Crippen molar-refractivity contribution in [2.75, 3.05) is 19.6 Å². The fourth-order valence-electron chi connectivity index (χ4n) is 4.32. The molecule has 1 aliphatic heterocycles. The summed E-state index contributed by atoms with van der Waals surface area (Å²) in [4.78, 5) is 14.6. The van der Waals surface area contributed by atoms with Crippen LogP contribution in [0.1, 0.15) is 56.9 Å². The minimum atomic E-state index is -1.34. The highest BCUT2D eigenvalue weighted by molar-refractivity contribution is 5.86. The van der Waals surface area contributed by atoms with Gasteiger partial charge in [-0.05, 0) is 42.9 Å². The number of likely N-dealkylation sites (tertiary alicyclic amines) is 1. The molecule has 1 aromatic carbocycles. The monoisotopic (exact) mass is 362 g/mol. The van der Waals surface area contributed by atoms with Gasteiger partial charge in [0.15, 0.2) is 5.60 Å². The van der Waals surface area contributed by atoms with E-state index in [0.29, 0.717) is 13.0 Å². The van der Waals surface area contributed by atoms with Gasteiger partial charge in [-0.3, -0.25) is 4.79 Å². The van der Waals surface area contributed by atoms with Gasteiger partial charge >= 0.3 is 0 Å². The quantitative estimate of drug-likeness (QED) is 0.783. The summed E-state index contributed by atoms with van der Waals surface area (Å²) >= 11 is 0. The molecule has 2 fully saturated rings. The van der Waals surface area contributed by atoms with Crippen LogP contribution in [0.4, 0.5) is 4.39 Å². The van der Waals surface area contributed by atoms with Crippen molar-refractivity contribution < 1.29 is 14.3 Å². The lowest BCUT2D eigenvalue weighted by Gasteiger charge is -2.39. The first-order valence-corrected chi connectivity index (χ1v) is 10.0. The van der Waals surface area contributed by atoms with E-state index in [4.69, 9.17) is 0 Å². The first-order valence-electron chi connectivity index (χ1n) is 10.0. The van der Waals surface area contributed by atoms with Crippen LogP contribution in [0, 0.1) is 11.7 Å². The summed E-state index contributed by atoms with van der Waals surface area (Å²) in [6, 6.07) is 6.38. The molecule has 2 aliphatic rings. The van der Waals surface area contributed by atoms with Gasteiger partial charge in [-0.15, -0.1) is 0 Å². The lowest BCUT2D eigenvalue weighted by molar-refractivity contribution is -0.156. The second kappa shape index (κ2) is 8.96. The highest BCUT2D eigenvalue weighted by Gasteiger charge is 2.41. The Labute approximate surface area is 155 Å². The molecule has 1 aromatic rings. The van der Waals surface area contributed by atoms with Gasteiger partial charge in [-0.25, -0.2) is 4.39 Å². The van der Waals surface area contributed by atoms with Gasteiger partial charge in [0.1, 0.15) is 5.82 Å². The molecule has 0 radical (unpaired) electrons. The van der Waals surface area contributed by atoms with Crippen LogP contribution in [0.2, 0.25) is 0 Å². The van der Waals surface area contributed by atoms with E-state index >= 15 is 0 Å². The van der Waals surface area contributed by atoms with Gasteiger partial charge in [0.05, 0.1) is 0 Å². The summed E-state index contributed by atoms with van der Waals surface area (Å²) in [5, 5.41) is 14.0. The zero-order valence-corrected chi connectivity index (χ0v) is 15.6. The Morgan fingerprint density at radius 3 is 2.81 bits per heavy atom. The molecule has 0 spiro atoms. The van der Waals surface area contributed by atoms with Gasteiger partial charge in [0.2, 0.25) is 0 Å². The summed E-state index contributed by atoms with van der Waals surface area (Å²) in [6.07, 6.45) is 8.90. The Bertz CT molecular complexity index is 603. The number of nitrogens with one attached hydrogen (secondary N) is 1. The van der Waals surface area contributed by atoms with Gasteiger partial charge in [0, 0.05) is 26.2 Å². The average molecular weight is 362 g/mol. The van der Waals surface area contributed by atoms with Crippen molar-refractivity contribution in [3.05, 3.63) is 35.6 Å². The van der Waals surface area contributed by atoms with Crippen LogP contribution in [0.25, 0.3) is 0 Å². The number of rotatable bonds is 7. The summed E-state index contributed by atoms with van der Waals surface area (Å²) in [7, 11) is 0. The minimum Gasteiger partial charge on any atom is -0.379 e. The smallest absolute Gasteiger partial charge is 0.255 e. The maximum absolute atomic E-state index is 13.2. The first-order chi connectivity index (χ1) is 12.6. The van der Waals surface area contributed by atoms with Gasteiger partial charge in [-0.2, -0.15) is 0 Å². The molecule has 5 heteroatoms. The van der Waals surface area contributed by atoms with Crippen LogP contribution in [-0.2, 0) is 11.3 Å². The molecule has 0 unspecified atom stereocenters. The van der Waals surface area contributed by atoms with E-state index in [1.807, 2.05) is 11.0 Å². The normalized spacial score (nSPS) is 24.8. The van der Waals surface area contributed by atoms with Crippen molar-refractivity contribution in [2.24, 2.45) is 5.92 Å². The Morgan fingerprint density at radius 2 is 2.04 bits per heavy atom. The maximum atomic E-state index is 13.2. The largest absolute Gasteiger partial charge is 0.379 e. The molecule has 0 aromatic heterocycles. The van der Waals surface area contributed by atoms with E-state index in [0.717, 1.165) is 37.4 Å². The number of aliphatic hydroxyl groups is 1. The number of amides is 1. The van der Waals surface area contributed by atoms with E-state index in [2.05, 4.69) is 5.32 Å². The summed E-state index contributed by atoms with van der Waals surface area (Å²) < 4.78 is 13.2. The second-order valence-electron chi connectivity index (χ2n) is 7.95. The van der Waals surface area contributed by atoms with Gasteiger partial charge in [0.25, 0.3) is 5.91 Å². The lowest BCUT2D eigenvalue weighted by Crippen LogP contribution is -2.58. The molecule has 3 rings (SSSR count). The SMILES string of the molecule is O=C1N(CCC2CCCCC2)CCC[C@]1(O)CNCc1cccc(F)c1. The van der Waals surface area contributed by atoms with E-state index < -0.39 is 5.60 Å². The van der Waals surface area contributed by atoms with Gasteiger partial charge in [-0.1, -0.05) is 44.2 Å². The molecule has 1 saturated carbocycles. The van der Waals surface area contributed by atoms with E-state index in [-0.39, 0.29) is 18.3 Å². The zero-order chi connectivity index (χ0) is 18.4. The number of halogens is 1. The minimum absolute atomic E-state index is 0.147. The fourth-order valence-corrected chi connectivity index (χ4v) is 4.32. The number of carbonyl (C=O) groups excluding carboxylic acids is 1. The third-order valence-corrected chi connectivity index (χ3v) is 5.87. The number of piperidine rings is 1. The molecule has 2 N–H and O–H groups in total. The highest BCUT2D eigenvalue weighted by atomic mass is 19.1. The molecular formula is C21H31FN2O2. The van der Waals surface area contributed by atoms with Crippen molar-refractivity contribution in [2.45, 2.75) is 63.5 Å². The van der Waals surface area contributed by atoms with Gasteiger partial charge < -0.3 is 15.3 Å². The van der Waals surface area contributed by atoms with Crippen molar-refractivity contribution in [1.29, 1.82) is 0 Å². The number of carbonyl (C=O) groups is 1. The predicted molar refractivity (Wildman–Crippen MR) is 100 cm³/mol. The summed E-state index contributed by atoms with van der Waals surface area (Å²) in [6.45, 7) is 2.16. The lowest BCUT2D eigenvalue weighted by atomic mass is 9.86. The van der Waals surface area contributed by atoms with Crippen LogP contribution in [0.3, 0.4) is 0 Å². The number of benzene rings is 1. The zero-order valence-electron chi connectivity index (χ0n) is 15.6. The Kier molecular flexibility index (Phi) is 6.65. The van der Waals surface area contributed by atoms with Crippen LogP contribution in [-0.4, -0.2) is 41.1 Å². The van der Waals surface area contributed by atoms with Crippen molar-refractivity contribution in [3.63, 3.8) is 0 Å². The maximum Gasteiger partial charge on any atom is 0.255 e. The fraction of sp³-hybridized carbons (Fsp3) is 0.667. The topological polar surface area (TPSA) is 52.6 Å². The average Bonchev–Trinajstić information content (AvgIpc) is 2.64. The standard InChI is InChI=1S/C21H31FN2O2/c22-19-9-4-8-18(14-19)15-23-16-21(26)11-5-12-24(20(21)25)13-10-17-6-2-1-3-7-17/h4,8-9,14,17,23,26H,1-3,5-7,10-13,15-16H2/t21-/m0/s1. The summed E-state index contributed by atoms with van der Waals surface area (Å²) in [5.41, 5.74) is -0.524. The Hall–Kier alpha value is -1.46. The molecule has 26 heavy (non-hydrogen) atoms. The number of hydrogen-bond acceptors (Lipinski definition) is 3. The van der Waals surface area contributed by atoms with E-state index in [1.54, 1.807) is 6.07 Å². The molecule has 1 heterocycles. The molecule has 0 bridgehead atoms. The first kappa shape index (κ1) is 19.3. The second-order valence-corrected chi connectivity index (χ2v) is 7.95. The van der Waals surface area contributed by atoms with Crippen molar-refractivity contribution in [3.8, 4) is 0 Å². The molecule has 144 valence electrons. The van der Waals surface area contributed by atoms with Crippen LogP contribution < -0.4 is 5.32 Å². The number of nitrogens with zero attached hydrogens (tertiary/aromatic N) is 1. The third kappa shape index (κ3) is 5.04. The molecule has 1 aliphatic carbocycles. The van der Waals surface area contributed by atoms with Crippen LogP contribution in [0.15, 0.2) is 24.3 Å². The van der Waals surface area contributed by atoms with Crippen LogP contribution >= 0.6 is 0 Å². The molecule has 1 saturated heterocycles. The highest BCUT2D eigenvalue weighted by Crippen LogP contribution is 2.28. The van der Waals surface area contributed by atoms with Crippen molar-refractivity contribution in [1.82, 2.24) is 10.2 Å². The summed E-state index contributed by atoms with van der Waals surface area (Å²) in [5.74, 6) is 0.314. The predicted octanol–water partition coefficient (Wildman–Crippen LogP) is 3.24. The Balaban J connectivity index is 1.48. The third-order valence-electron chi connectivity index (χ3n) is 5.87.